The Kier molecular flexibility index (Phi) is 5.47. The van der Waals surface area contributed by atoms with E-state index in [9.17, 15) is 0 Å². The summed E-state index contributed by atoms with van der Waals surface area (Å²) in [6, 6.07) is 57.3. The molecule has 0 unspecified atom stereocenters. The lowest BCUT2D eigenvalue weighted by Gasteiger charge is -2.10. The summed E-state index contributed by atoms with van der Waals surface area (Å²) in [4.78, 5) is 9.89. The van der Waals surface area contributed by atoms with E-state index in [1.165, 1.54) is 71.1 Å². The normalized spacial score (nSPS) is 12.2. The number of hydrogen-bond acceptors (Lipinski definition) is 2. The second-order valence-electron chi connectivity index (χ2n) is 13.8. The van der Waals surface area contributed by atoms with Crippen LogP contribution in [0.4, 0.5) is 0 Å². The second-order valence-corrected chi connectivity index (χ2v) is 13.8. The van der Waals surface area contributed by atoms with Gasteiger partial charge in [-0.25, -0.2) is 4.98 Å². The molecule has 0 saturated heterocycles. The van der Waals surface area contributed by atoms with Gasteiger partial charge in [0.1, 0.15) is 5.82 Å². The van der Waals surface area contributed by atoms with E-state index >= 15 is 0 Å². The van der Waals surface area contributed by atoms with Crippen LogP contribution in [0.3, 0.4) is 0 Å². The fraction of sp³-hybridized carbons (Fsp3) is 0. The van der Waals surface area contributed by atoms with Gasteiger partial charge >= 0.3 is 0 Å². The number of benzene rings is 7. The van der Waals surface area contributed by atoms with Gasteiger partial charge in [-0.2, -0.15) is 0 Å². The van der Waals surface area contributed by atoms with E-state index in [1.807, 2.05) is 12.4 Å². The van der Waals surface area contributed by atoms with Crippen LogP contribution >= 0.6 is 0 Å². The molecule has 4 nitrogen and oxygen atoms in total. The molecule has 11 aromatic rings. The number of rotatable bonds is 3. The molecule has 0 amide bonds. The molecule has 52 heavy (non-hydrogen) atoms. The Morgan fingerprint density at radius 2 is 1.12 bits per heavy atom. The summed E-state index contributed by atoms with van der Waals surface area (Å²) in [5.41, 5.74) is 12.8. The number of para-hydroxylation sites is 2. The van der Waals surface area contributed by atoms with Crippen LogP contribution in [0.2, 0.25) is 0 Å². The first kappa shape index (κ1) is 27.7. The molecule has 0 bridgehead atoms. The maximum absolute atomic E-state index is 5.36. The van der Waals surface area contributed by atoms with E-state index in [4.69, 9.17) is 4.98 Å². The van der Waals surface area contributed by atoms with Crippen LogP contribution in [-0.4, -0.2) is 19.1 Å². The van der Waals surface area contributed by atoms with E-state index in [0.717, 1.165) is 39.1 Å². The minimum atomic E-state index is 0.915. The highest BCUT2D eigenvalue weighted by atomic mass is 15.1. The Labute approximate surface area is 298 Å². The van der Waals surface area contributed by atoms with Crippen molar-refractivity contribution in [2.45, 2.75) is 0 Å². The third-order valence-corrected chi connectivity index (χ3v) is 11.1. The minimum absolute atomic E-state index is 0.915. The van der Waals surface area contributed by atoms with Gasteiger partial charge in [0.2, 0.25) is 0 Å². The fourth-order valence-electron chi connectivity index (χ4n) is 8.84. The van der Waals surface area contributed by atoms with Crippen molar-refractivity contribution < 1.29 is 0 Å². The summed E-state index contributed by atoms with van der Waals surface area (Å²) in [6.45, 7) is 0. The van der Waals surface area contributed by atoms with Crippen LogP contribution in [-0.2, 0) is 0 Å². The Balaban J connectivity index is 1.06. The van der Waals surface area contributed by atoms with Crippen molar-refractivity contribution in [1.29, 1.82) is 0 Å². The van der Waals surface area contributed by atoms with Gasteiger partial charge in [0, 0.05) is 72.5 Å². The third kappa shape index (κ3) is 3.70. The maximum atomic E-state index is 5.36. The lowest BCUT2D eigenvalue weighted by Crippen LogP contribution is -1.98. The zero-order valence-corrected chi connectivity index (χ0v) is 28.0. The molecule has 4 aromatic heterocycles. The smallest absolute Gasteiger partial charge is 0.138 e. The van der Waals surface area contributed by atoms with Crippen molar-refractivity contribution in [1.82, 2.24) is 19.1 Å². The lowest BCUT2D eigenvalue weighted by atomic mass is 10.00. The van der Waals surface area contributed by atoms with Crippen molar-refractivity contribution in [3.05, 3.63) is 170 Å². The van der Waals surface area contributed by atoms with Crippen molar-refractivity contribution in [3.8, 4) is 45.0 Å². The van der Waals surface area contributed by atoms with E-state index < -0.39 is 0 Å². The first-order chi connectivity index (χ1) is 25.8. The molecule has 0 aliphatic heterocycles. The Bertz CT molecular complexity index is 3290. The standard InChI is InChI=1S/C48H28N4/c1-2-11-33(12-3-1)51-43-22-18-31(26-40(43)37-20-17-29-9-4-5-13-34(29)48(37)51)30-19-23-44-39(25-30)35-14-6-7-16-42(35)52(44)45-24-21-36-41-28-49-27-32-10-8-15-38(46(32)41)47(36)50-45/h1-28H. The molecule has 0 spiro atoms. The highest BCUT2D eigenvalue weighted by Gasteiger charge is 2.24. The summed E-state index contributed by atoms with van der Waals surface area (Å²) < 4.78 is 4.74. The molecule has 12 rings (SSSR count). The Morgan fingerprint density at radius 3 is 1.98 bits per heavy atom. The number of pyridine rings is 2. The van der Waals surface area contributed by atoms with Gasteiger partial charge < -0.3 is 4.57 Å². The molecule has 0 saturated carbocycles. The highest BCUT2D eigenvalue weighted by Crippen LogP contribution is 2.46. The first-order valence-corrected chi connectivity index (χ1v) is 17.7. The van der Waals surface area contributed by atoms with Crippen LogP contribution in [0, 0.1) is 0 Å². The average molecular weight is 661 g/mol. The Hall–Kier alpha value is -7.04. The van der Waals surface area contributed by atoms with Crippen LogP contribution in [0.25, 0.3) is 110 Å². The molecule has 1 aliphatic rings. The zero-order chi connectivity index (χ0) is 33.9. The van der Waals surface area contributed by atoms with Gasteiger partial charge in [-0.15, -0.1) is 0 Å². The van der Waals surface area contributed by atoms with Gasteiger partial charge in [0.15, 0.2) is 0 Å². The molecule has 240 valence electrons. The van der Waals surface area contributed by atoms with Gasteiger partial charge in [-0.05, 0) is 71.1 Å². The molecule has 0 radical (unpaired) electrons. The third-order valence-electron chi connectivity index (χ3n) is 11.1. The molecule has 7 aromatic carbocycles. The molecular formula is C48H28N4. The Morgan fingerprint density at radius 1 is 0.404 bits per heavy atom. The van der Waals surface area contributed by atoms with Crippen molar-refractivity contribution in [2.75, 3.05) is 0 Å². The SMILES string of the molecule is c1ccc(-n2c3ccc(-c4ccc5c(c4)c4ccccc4n5-c4ccc5c(n4)-c4cccc6cncc-5c46)cc3c3ccc4ccccc4c32)cc1. The largest absolute Gasteiger partial charge is 0.309 e. The molecule has 0 fully saturated rings. The predicted molar refractivity (Wildman–Crippen MR) is 216 cm³/mol. The number of fused-ring (bicyclic) bond motifs is 11. The summed E-state index contributed by atoms with van der Waals surface area (Å²) in [5.74, 6) is 0.915. The van der Waals surface area contributed by atoms with Crippen LogP contribution in [0.1, 0.15) is 0 Å². The van der Waals surface area contributed by atoms with Crippen molar-refractivity contribution in [2.24, 2.45) is 0 Å². The molecular weight excluding hydrogens is 633 g/mol. The van der Waals surface area contributed by atoms with Gasteiger partial charge in [-0.1, -0.05) is 103 Å². The average Bonchev–Trinajstić information content (AvgIpc) is 3.84. The lowest BCUT2D eigenvalue weighted by molar-refractivity contribution is 1.09. The monoisotopic (exact) mass is 660 g/mol. The number of hydrogen-bond donors (Lipinski definition) is 0. The van der Waals surface area contributed by atoms with E-state index in [1.54, 1.807) is 0 Å². The van der Waals surface area contributed by atoms with Gasteiger partial charge in [0.25, 0.3) is 0 Å². The maximum Gasteiger partial charge on any atom is 0.138 e. The van der Waals surface area contributed by atoms with Crippen LogP contribution < -0.4 is 0 Å². The van der Waals surface area contributed by atoms with E-state index in [-0.39, 0.29) is 0 Å². The number of aromatic nitrogens is 4. The topological polar surface area (TPSA) is 35.6 Å². The summed E-state index contributed by atoms with van der Waals surface area (Å²) >= 11 is 0. The highest BCUT2D eigenvalue weighted by molar-refractivity contribution is 6.19. The van der Waals surface area contributed by atoms with Crippen molar-refractivity contribution >= 4 is 65.2 Å². The van der Waals surface area contributed by atoms with Gasteiger partial charge in [-0.3, -0.25) is 9.55 Å². The minimum Gasteiger partial charge on any atom is -0.309 e. The fourth-order valence-corrected chi connectivity index (χ4v) is 8.84. The summed E-state index contributed by atoms with van der Waals surface area (Å²) in [6.07, 6.45) is 3.92. The van der Waals surface area contributed by atoms with Crippen molar-refractivity contribution in [3.63, 3.8) is 0 Å². The quantitative estimate of drug-likeness (QED) is 0.189. The predicted octanol–water partition coefficient (Wildman–Crippen LogP) is 12.3. The second kappa shape index (κ2) is 10.3. The van der Waals surface area contributed by atoms with Crippen LogP contribution in [0.15, 0.2) is 170 Å². The van der Waals surface area contributed by atoms with Gasteiger partial charge in [0.05, 0.1) is 27.8 Å². The summed E-state index contributed by atoms with van der Waals surface area (Å²) in [7, 11) is 0. The molecule has 0 atom stereocenters. The van der Waals surface area contributed by atoms with E-state index in [0.29, 0.717) is 0 Å². The van der Waals surface area contributed by atoms with Crippen LogP contribution in [0.5, 0.6) is 0 Å². The molecule has 4 heteroatoms. The van der Waals surface area contributed by atoms with E-state index in [2.05, 4.69) is 172 Å². The zero-order valence-electron chi connectivity index (χ0n) is 28.0. The number of nitrogens with zero attached hydrogens (tertiary/aromatic N) is 4. The molecule has 4 heterocycles. The molecule has 0 N–H and O–H groups in total. The first-order valence-electron chi connectivity index (χ1n) is 17.7. The molecule has 1 aliphatic carbocycles. The summed E-state index contributed by atoms with van der Waals surface area (Å²) in [5, 5.41) is 9.82.